The first-order valence-electron chi connectivity index (χ1n) is 6.20. The first-order valence-corrected chi connectivity index (χ1v) is 6.95. The zero-order valence-electron chi connectivity index (χ0n) is 10.8. The molecule has 1 aliphatic rings. The fourth-order valence-electron chi connectivity index (χ4n) is 2.29. The zero-order chi connectivity index (χ0) is 14.7. The standard InChI is InChI=1S/C14H15Cl2NO3/c1-2-13-10(8-17(14(18)19)5-6-20-13)9-3-4-11(15)12(16)7-9/h2-4,7,10,13H,1,5-6,8H2,(H,18,19)/t10-,13-/m0/s1. The molecular weight excluding hydrogens is 301 g/mol. The summed E-state index contributed by atoms with van der Waals surface area (Å²) in [7, 11) is 0. The largest absolute Gasteiger partial charge is 0.465 e. The number of hydrogen-bond acceptors (Lipinski definition) is 2. The maximum absolute atomic E-state index is 11.2. The number of ether oxygens (including phenoxy) is 1. The summed E-state index contributed by atoms with van der Waals surface area (Å²) < 4.78 is 5.67. The summed E-state index contributed by atoms with van der Waals surface area (Å²) in [5.41, 5.74) is 0.887. The fraction of sp³-hybridized carbons (Fsp3) is 0.357. The average Bonchev–Trinajstić information content (AvgIpc) is 2.64. The molecule has 1 aliphatic heterocycles. The van der Waals surface area contributed by atoms with Gasteiger partial charge < -0.3 is 14.7 Å². The van der Waals surface area contributed by atoms with Crippen LogP contribution < -0.4 is 0 Å². The fourth-order valence-corrected chi connectivity index (χ4v) is 2.60. The van der Waals surface area contributed by atoms with Crippen molar-refractivity contribution in [2.75, 3.05) is 19.7 Å². The Kier molecular flexibility index (Phi) is 4.91. The second-order valence-corrected chi connectivity index (χ2v) is 5.39. The highest BCUT2D eigenvalue weighted by Crippen LogP contribution is 2.31. The van der Waals surface area contributed by atoms with Gasteiger partial charge in [0.1, 0.15) is 0 Å². The van der Waals surface area contributed by atoms with Gasteiger partial charge in [0.05, 0.1) is 22.8 Å². The number of hydrogen-bond donors (Lipinski definition) is 1. The van der Waals surface area contributed by atoms with Crippen molar-refractivity contribution in [2.45, 2.75) is 12.0 Å². The third-order valence-corrected chi connectivity index (χ3v) is 4.10. The van der Waals surface area contributed by atoms with E-state index >= 15 is 0 Å². The van der Waals surface area contributed by atoms with E-state index in [0.717, 1.165) is 5.56 Å². The lowest BCUT2D eigenvalue weighted by molar-refractivity contribution is 0.0835. The minimum absolute atomic E-state index is 0.152. The molecule has 1 heterocycles. The summed E-state index contributed by atoms with van der Waals surface area (Å²) in [4.78, 5) is 12.5. The molecule has 0 aromatic heterocycles. The van der Waals surface area contributed by atoms with Crippen LogP contribution in [0, 0.1) is 0 Å². The normalized spacial score (nSPS) is 23.2. The average molecular weight is 316 g/mol. The molecule has 1 fully saturated rings. The second-order valence-electron chi connectivity index (χ2n) is 4.58. The Morgan fingerprint density at radius 1 is 1.45 bits per heavy atom. The molecule has 0 saturated carbocycles. The monoisotopic (exact) mass is 315 g/mol. The number of benzene rings is 1. The Morgan fingerprint density at radius 2 is 2.20 bits per heavy atom. The van der Waals surface area contributed by atoms with Crippen molar-refractivity contribution in [2.24, 2.45) is 0 Å². The summed E-state index contributed by atoms with van der Waals surface area (Å²) in [5.74, 6) is -0.152. The molecule has 0 spiro atoms. The van der Waals surface area contributed by atoms with Crippen LogP contribution in [-0.4, -0.2) is 41.9 Å². The van der Waals surface area contributed by atoms with Crippen molar-refractivity contribution >= 4 is 29.3 Å². The molecule has 20 heavy (non-hydrogen) atoms. The van der Waals surface area contributed by atoms with Crippen molar-refractivity contribution in [1.29, 1.82) is 0 Å². The maximum Gasteiger partial charge on any atom is 0.407 e. The Bertz CT molecular complexity index is 521. The first kappa shape index (κ1) is 15.2. The van der Waals surface area contributed by atoms with Gasteiger partial charge in [-0.05, 0) is 17.7 Å². The molecule has 1 amide bonds. The van der Waals surface area contributed by atoms with Crippen molar-refractivity contribution in [1.82, 2.24) is 4.90 Å². The summed E-state index contributed by atoms with van der Waals surface area (Å²) in [6, 6.07) is 5.29. The molecule has 0 radical (unpaired) electrons. The summed E-state index contributed by atoms with van der Waals surface area (Å²) in [6.07, 6.45) is 0.485. The summed E-state index contributed by atoms with van der Waals surface area (Å²) in [6.45, 7) is 4.79. The molecule has 2 atom stereocenters. The minimum atomic E-state index is -0.955. The van der Waals surface area contributed by atoms with Crippen LogP contribution in [0.5, 0.6) is 0 Å². The van der Waals surface area contributed by atoms with Crippen LogP contribution in [0.15, 0.2) is 30.9 Å². The minimum Gasteiger partial charge on any atom is -0.465 e. The van der Waals surface area contributed by atoms with Gasteiger partial charge in [0.2, 0.25) is 0 Å². The lowest BCUT2D eigenvalue weighted by Crippen LogP contribution is -2.34. The highest BCUT2D eigenvalue weighted by molar-refractivity contribution is 6.42. The van der Waals surface area contributed by atoms with Gasteiger partial charge in [-0.25, -0.2) is 4.79 Å². The number of carboxylic acid groups (broad SMARTS) is 1. The quantitative estimate of drug-likeness (QED) is 0.848. The van der Waals surface area contributed by atoms with E-state index in [9.17, 15) is 9.90 Å². The Hall–Kier alpha value is -1.23. The van der Waals surface area contributed by atoms with Crippen LogP contribution in [0.3, 0.4) is 0 Å². The van der Waals surface area contributed by atoms with Crippen LogP contribution in [0.4, 0.5) is 4.79 Å². The summed E-state index contributed by atoms with van der Waals surface area (Å²) >= 11 is 11.9. The Balaban J connectivity index is 2.33. The summed E-state index contributed by atoms with van der Waals surface area (Å²) in [5, 5.41) is 10.1. The van der Waals surface area contributed by atoms with E-state index in [1.165, 1.54) is 4.90 Å². The molecule has 1 aromatic carbocycles. The van der Waals surface area contributed by atoms with Gasteiger partial charge in [-0.15, -0.1) is 6.58 Å². The van der Waals surface area contributed by atoms with Gasteiger partial charge in [0.25, 0.3) is 0 Å². The lowest BCUT2D eigenvalue weighted by Gasteiger charge is -2.25. The third-order valence-electron chi connectivity index (χ3n) is 3.36. The van der Waals surface area contributed by atoms with Crippen LogP contribution in [-0.2, 0) is 4.74 Å². The SMILES string of the molecule is C=C[C@@H]1OCCN(C(=O)O)C[C@H]1c1ccc(Cl)c(Cl)c1. The molecule has 2 rings (SSSR count). The van der Waals surface area contributed by atoms with Crippen molar-refractivity contribution in [3.8, 4) is 0 Å². The van der Waals surface area contributed by atoms with Crippen molar-refractivity contribution in [3.63, 3.8) is 0 Å². The van der Waals surface area contributed by atoms with Gasteiger partial charge in [-0.1, -0.05) is 35.3 Å². The van der Waals surface area contributed by atoms with Crippen LogP contribution >= 0.6 is 23.2 Å². The molecular formula is C14H15Cl2NO3. The molecule has 6 heteroatoms. The molecule has 1 saturated heterocycles. The van der Waals surface area contributed by atoms with Crippen LogP contribution in [0.1, 0.15) is 11.5 Å². The van der Waals surface area contributed by atoms with Crippen LogP contribution in [0.25, 0.3) is 0 Å². The molecule has 0 bridgehead atoms. The highest BCUT2D eigenvalue weighted by Gasteiger charge is 2.29. The van der Waals surface area contributed by atoms with E-state index in [-0.39, 0.29) is 12.0 Å². The maximum atomic E-state index is 11.2. The number of nitrogens with zero attached hydrogens (tertiary/aromatic N) is 1. The van der Waals surface area contributed by atoms with Crippen molar-refractivity contribution in [3.05, 3.63) is 46.5 Å². The van der Waals surface area contributed by atoms with E-state index < -0.39 is 6.09 Å². The molecule has 4 nitrogen and oxygen atoms in total. The van der Waals surface area contributed by atoms with Crippen molar-refractivity contribution < 1.29 is 14.6 Å². The lowest BCUT2D eigenvalue weighted by atomic mass is 9.93. The van der Waals surface area contributed by atoms with E-state index in [1.54, 1.807) is 18.2 Å². The number of carbonyl (C=O) groups is 1. The molecule has 108 valence electrons. The van der Waals surface area contributed by atoms with Gasteiger partial charge in [0, 0.05) is 19.0 Å². The second kappa shape index (κ2) is 6.48. The van der Waals surface area contributed by atoms with Gasteiger partial charge in [-0.2, -0.15) is 0 Å². The van der Waals surface area contributed by atoms with E-state index in [2.05, 4.69) is 6.58 Å². The number of amides is 1. The van der Waals surface area contributed by atoms with E-state index in [0.29, 0.717) is 29.7 Å². The topological polar surface area (TPSA) is 49.8 Å². The van der Waals surface area contributed by atoms with E-state index in [4.69, 9.17) is 27.9 Å². The molecule has 0 unspecified atom stereocenters. The zero-order valence-corrected chi connectivity index (χ0v) is 12.3. The molecule has 0 aliphatic carbocycles. The predicted octanol–water partition coefficient (Wildman–Crippen LogP) is 3.64. The number of rotatable bonds is 2. The van der Waals surface area contributed by atoms with Crippen LogP contribution in [0.2, 0.25) is 10.0 Å². The third kappa shape index (κ3) is 3.26. The van der Waals surface area contributed by atoms with Gasteiger partial charge >= 0.3 is 6.09 Å². The predicted molar refractivity (Wildman–Crippen MR) is 78.7 cm³/mol. The Morgan fingerprint density at radius 3 is 2.80 bits per heavy atom. The molecule has 1 N–H and O–H groups in total. The highest BCUT2D eigenvalue weighted by atomic mass is 35.5. The first-order chi connectivity index (χ1) is 9.52. The van der Waals surface area contributed by atoms with E-state index in [1.807, 2.05) is 6.07 Å². The smallest absolute Gasteiger partial charge is 0.407 e. The number of halogens is 2. The van der Waals surface area contributed by atoms with Gasteiger partial charge in [0.15, 0.2) is 0 Å². The van der Waals surface area contributed by atoms with Gasteiger partial charge in [-0.3, -0.25) is 0 Å². The Labute approximate surface area is 127 Å². The molecule has 1 aromatic rings.